The Kier molecular flexibility index (Phi) is 5.56. The smallest absolute Gasteiger partial charge is 0.147 e. The van der Waals surface area contributed by atoms with Crippen LogP contribution in [-0.4, -0.2) is 22.5 Å². The monoisotopic (exact) mass is 268 g/mol. The third-order valence-corrected chi connectivity index (χ3v) is 5.42. The van der Waals surface area contributed by atoms with Gasteiger partial charge in [0.05, 0.1) is 4.75 Å². The second-order valence-electron chi connectivity index (χ2n) is 6.02. The van der Waals surface area contributed by atoms with Gasteiger partial charge in [-0.2, -0.15) is 0 Å². The first-order chi connectivity index (χ1) is 8.72. The number of nitrogens with zero attached hydrogens (tertiary/aromatic N) is 1. The van der Waals surface area contributed by atoms with Gasteiger partial charge in [-0.3, -0.25) is 10.3 Å². The van der Waals surface area contributed by atoms with Gasteiger partial charge in [0.1, 0.15) is 5.50 Å². The fraction of sp³-hybridized carbons (Fsp3) is 0.933. The summed E-state index contributed by atoms with van der Waals surface area (Å²) >= 11 is 2.01. The van der Waals surface area contributed by atoms with E-state index in [9.17, 15) is 0 Å². The highest BCUT2D eigenvalue weighted by Crippen LogP contribution is 2.37. The van der Waals surface area contributed by atoms with Crippen molar-refractivity contribution in [2.75, 3.05) is 0 Å². The highest BCUT2D eigenvalue weighted by atomic mass is 32.2. The van der Waals surface area contributed by atoms with Gasteiger partial charge in [0, 0.05) is 12.3 Å². The van der Waals surface area contributed by atoms with Gasteiger partial charge in [0.2, 0.25) is 0 Å². The van der Waals surface area contributed by atoms with Crippen LogP contribution in [0, 0.1) is 0 Å². The standard InChI is InChI=1S/C15H28N2S/c1-3-11-15(2)12-16-14(18-15)17-13-9-7-5-4-6-8-10-13/h12-14,17H,3-11H2,1-2H3/t14?,15-/m0/s1. The third kappa shape index (κ3) is 4.27. The molecule has 2 nitrogen and oxygen atoms in total. The molecule has 104 valence electrons. The first-order valence-electron chi connectivity index (χ1n) is 7.70. The average molecular weight is 268 g/mol. The highest BCUT2D eigenvalue weighted by molar-refractivity contribution is 8.02. The quantitative estimate of drug-likeness (QED) is 0.820. The van der Waals surface area contributed by atoms with E-state index in [-0.39, 0.29) is 4.75 Å². The van der Waals surface area contributed by atoms with Gasteiger partial charge in [-0.05, 0) is 26.2 Å². The van der Waals surface area contributed by atoms with E-state index in [4.69, 9.17) is 0 Å². The number of hydrogen-bond acceptors (Lipinski definition) is 3. The molecule has 1 saturated carbocycles. The highest BCUT2D eigenvalue weighted by Gasteiger charge is 2.32. The molecule has 0 saturated heterocycles. The Labute approximate surface area is 116 Å². The van der Waals surface area contributed by atoms with Crippen molar-refractivity contribution in [1.29, 1.82) is 0 Å². The molecular formula is C15H28N2S. The minimum atomic E-state index is 0.272. The SMILES string of the molecule is CCC[C@@]1(C)C=NC(NC2CCCCCCC2)S1. The van der Waals surface area contributed by atoms with E-state index in [1.165, 1.54) is 57.8 Å². The van der Waals surface area contributed by atoms with Gasteiger partial charge in [-0.25, -0.2) is 0 Å². The van der Waals surface area contributed by atoms with Crippen LogP contribution in [0.5, 0.6) is 0 Å². The Morgan fingerprint density at radius 3 is 2.56 bits per heavy atom. The number of thioether (sulfide) groups is 1. The minimum absolute atomic E-state index is 0.272. The lowest BCUT2D eigenvalue weighted by molar-refractivity contribution is 0.387. The van der Waals surface area contributed by atoms with Gasteiger partial charge in [-0.15, -0.1) is 11.8 Å². The summed E-state index contributed by atoms with van der Waals surface area (Å²) in [6, 6.07) is 0.698. The maximum atomic E-state index is 4.68. The summed E-state index contributed by atoms with van der Waals surface area (Å²) in [5, 5.41) is 3.76. The molecule has 0 radical (unpaired) electrons. The van der Waals surface area contributed by atoms with Crippen LogP contribution in [0.1, 0.15) is 71.6 Å². The second-order valence-corrected chi connectivity index (χ2v) is 7.63. The van der Waals surface area contributed by atoms with Crippen molar-refractivity contribution in [3.63, 3.8) is 0 Å². The maximum absolute atomic E-state index is 4.68. The van der Waals surface area contributed by atoms with Crippen LogP contribution in [0.2, 0.25) is 0 Å². The van der Waals surface area contributed by atoms with Gasteiger partial charge < -0.3 is 0 Å². The average Bonchev–Trinajstić information content (AvgIpc) is 2.64. The van der Waals surface area contributed by atoms with Gasteiger partial charge >= 0.3 is 0 Å². The van der Waals surface area contributed by atoms with E-state index < -0.39 is 0 Å². The number of aliphatic imine (C=N–C) groups is 1. The summed E-state index contributed by atoms with van der Waals surface area (Å²) < 4.78 is 0.272. The predicted octanol–water partition coefficient (Wildman–Crippen LogP) is 4.35. The zero-order valence-electron chi connectivity index (χ0n) is 12.0. The van der Waals surface area contributed by atoms with E-state index in [0.29, 0.717) is 11.5 Å². The molecule has 1 unspecified atom stereocenters. The van der Waals surface area contributed by atoms with Crippen molar-refractivity contribution in [2.24, 2.45) is 4.99 Å². The molecule has 2 aliphatic rings. The van der Waals surface area contributed by atoms with Crippen molar-refractivity contribution in [3.05, 3.63) is 0 Å². The lowest BCUT2D eigenvalue weighted by atomic mass is 9.97. The summed E-state index contributed by atoms with van der Waals surface area (Å²) in [5.74, 6) is 0. The summed E-state index contributed by atoms with van der Waals surface area (Å²) in [7, 11) is 0. The first kappa shape index (κ1) is 14.4. The molecule has 1 aliphatic carbocycles. The Balaban J connectivity index is 1.78. The van der Waals surface area contributed by atoms with Crippen LogP contribution >= 0.6 is 11.8 Å². The lowest BCUT2D eigenvalue weighted by Crippen LogP contribution is -2.36. The summed E-state index contributed by atoms with van der Waals surface area (Å²) in [4.78, 5) is 4.68. The zero-order chi connectivity index (χ0) is 12.8. The molecule has 1 aliphatic heterocycles. The molecule has 3 heteroatoms. The molecule has 0 aromatic rings. The molecule has 1 N–H and O–H groups in total. The molecule has 0 bridgehead atoms. The largest absolute Gasteiger partial charge is 0.284 e. The zero-order valence-corrected chi connectivity index (χ0v) is 12.8. The van der Waals surface area contributed by atoms with Crippen molar-refractivity contribution in [3.8, 4) is 0 Å². The van der Waals surface area contributed by atoms with Crippen molar-refractivity contribution in [1.82, 2.24) is 5.32 Å². The van der Waals surface area contributed by atoms with E-state index in [2.05, 4.69) is 30.4 Å². The van der Waals surface area contributed by atoms with Gasteiger partial charge in [0.15, 0.2) is 0 Å². The lowest BCUT2D eigenvalue weighted by Gasteiger charge is -2.26. The van der Waals surface area contributed by atoms with Crippen LogP contribution in [0.3, 0.4) is 0 Å². The van der Waals surface area contributed by atoms with Crippen molar-refractivity contribution in [2.45, 2.75) is 87.9 Å². The van der Waals surface area contributed by atoms with Crippen LogP contribution in [0.15, 0.2) is 4.99 Å². The fourth-order valence-corrected chi connectivity index (χ4v) is 4.40. The molecule has 0 spiro atoms. The molecule has 1 heterocycles. The molecule has 0 aromatic heterocycles. The van der Waals surface area contributed by atoms with Crippen LogP contribution in [-0.2, 0) is 0 Å². The van der Waals surface area contributed by atoms with Crippen LogP contribution in [0.4, 0.5) is 0 Å². The van der Waals surface area contributed by atoms with Gasteiger partial charge in [-0.1, -0.05) is 45.4 Å². The third-order valence-electron chi connectivity index (χ3n) is 4.09. The van der Waals surface area contributed by atoms with E-state index >= 15 is 0 Å². The summed E-state index contributed by atoms with van der Waals surface area (Å²) in [6.07, 6.45) is 14.4. The van der Waals surface area contributed by atoms with Crippen LogP contribution < -0.4 is 5.32 Å². The topological polar surface area (TPSA) is 24.4 Å². The van der Waals surface area contributed by atoms with E-state index in [1.807, 2.05) is 11.8 Å². The fourth-order valence-electron chi connectivity index (χ4n) is 3.06. The van der Waals surface area contributed by atoms with Crippen molar-refractivity contribution < 1.29 is 0 Å². The van der Waals surface area contributed by atoms with Crippen molar-refractivity contribution >= 4 is 18.0 Å². The summed E-state index contributed by atoms with van der Waals surface area (Å²) in [5.41, 5.74) is 0.311. The number of nitrogens with one attached hydrogen (secondary N) is 1. The number of rotatable bonds is 4. The molecule has 18 heavy (non-hydrogen) atoms. The Morgan fingerprint density at radius 2 is 1.89 bits per heavy atom. The number of hydrogen-bond donors (Lipinski definition) is 1. The normalized spacial score (nSPS) is 34.4. The second kappa shape index (κ2) is 6.95. The predicted molar refractivity (Wildman–Crippen MR) is 82.4 cm³/mol. The first-order valence-corrected chi connectivity index (χ1v) is 8.58. The van der Waals surface area contributed by atoms with Gasteiger partial charge in [0.25, 0.3) is 0 Å². The Morgan fingerprint density at radius 1 is 1.22 bits per heavy atom. The Bertz CT molecular complexity index is 272. The molecule has 2 rings (SSSR count). The molecule has 0 amide bonds. The molecule has 2 atom stereocenters. The molecule has 0 aromatic carbocycles. The Hall–Kier alpha value is -0.0200. The molecular weight excluding hydrogens is 240 g/mol. The van der Waals surface area contributed by atoms with E-state index in [1.54, 1.807) is 0 Å². The maximum Gasteiger partial charge on any atom is 0.147 e. The summed E-state index contributed by atoms with van der Waals surface area (Å²) in [6.45, 7) is 4.58. The minimum Gasteiger partial charge on any atom is -0.284 e. The molecule has 1 fully saturated rings. The van der Waals surface area contributed by atoms with E-state index in [0.717, 1.165) is 0 Å². The van der Waals surface area contributed by atoms with Crippen LogP contribution in [0.25, 0.3) is 0 Å².